The van der Waals surface area contributed by atoms with Crippen LogP contribution in [-0.2, 0) is 12.8 Å². The second-order valence-electron chi connectivity index (χ2n) is 17.9. The van der Waals surface area contributed by atoms with E-state index in [4.69, 9.17) is 14.4 Å². The quantitative estimate of drug-likeness (QED) is 0.130. The van der Waals surface area contributed by atoms with Crippen LogP contribution >= 0.6 is 0 Å². The van der Waals surface area contributed by atoms with E-state index in [2.05, 4.69) is 234 Å². The lowest BCUT2D eigenvalue weighted by Crippen LogP contribution is -2.16. The van der Waals surface area contributed by atoms with Crippen LogP contribution in [0, 0.1) is 0 Å². The summed E-state index contributed by atoms with van der Waals surface area (Å²) in [4.78, 5) is 14.4. The monoisotopic (exact) mass is 878 g/mol. The molecule has 328 valence electrons. The number of para-hydroxylation sites is 2. The predicted octanol–water partition coefficient (Wildman–Crippen LogP) is 16.6. The van der Waals surface area contributed by atoms with E-state index in [1.807, 2.05) is 0 Å². The highest BCUT2D eigenvalue weighted by atomic mass is 16.4. The summed E-state index contributed by atoms with van der Waals surface area (Å²) >= 11 is 0. The molecule has 2 heterocycles. The molecule has 0 saturated carbocycles. The Hall–Kier alpha value is -8.28. The normalized spacial score (nSPS) is 15.8. The molecule has 1 unspecified atom stereocenters. The van der Waals surface area contributed by atoms with Gasteiger partial charge in [0.1, 0.15) is 0 Å². The van der Waals surface area contributed by atoms with Crippen molar-refractivity contribution in [3.8, 4) is 22.3 Å². The number of anilines is 5. The molecule has 1 atom stereocenters. The van der Waals surface area contributed by atoms with E-state index in [1.165, 1.54) is 44.6 Å². The third-order valence-corrected chi connectivity index (χ3v) is 13.6. The molecule has 1 aliphatic heterocycles. The van der Waals surface area contributed by atoms with Gasteiger partial charge in [-0.1, -0.05) is 146 Å². The van der Waals surface area contributed by atoms with Crippen LogP contribution < -0.4 is 9.80 Å². The molecule has 12 rings (SSSR count). The van der Waals surface area contributed by atoms with Crippen molar-refractivity contribution in [1.82, 2.24) is 4.98 Å². The third-order valence-electron chi connectivity index (χ3n) is 13.6. The Labute approximate surface area is 398 Å². The molecule has 0 radical (unpaired) electrons. The lowest BCUT2D eigenvalue weighted by Gasteiger charge is -2.28. The topological polar surface area (TPSA) is 44.9 Å². The van der Waals surface area contributed by atoms with Gasteiger partial charge in [-0.05, 0) is 150 Å². The summed E-state index contributed by atoms with van der Waals surface area (Å²) in [6, 6.07) is 63.8. The highest BCUT2D eigenvalue weighted by Crippen LogP contribution is 2.40. The van der Waals surface area contributed by atoms with Crippen molar-refractivity contribution in [1.29, 1.82) is 0 Å². The fourth-order valence-corrected chi connectivity index (χ4v) is 9.91. The van der Waals surface area contributed by atoms with Crippen LogP contribution in [0.3, 0.4) is 0 Å². The molecule has 5 heteroatoms. The standard InChI is InChI=1S/C63H50N4O/c1-3-12-53(13-4-1)66(55-35-27-46(28-36-55)44-19-23-50(24-20-44)61-43-52-11-7-8-16-59(52)64-61)57-39-31-48(32-40-57)49-33-41-58(42-34-49)67(54-14-5-2-6-15-54)56-37-29-47(30-38-56)45-21-25-51(26-22-45)63-65-60-17-9-10-18-62(60)68-63/h1,3-5,7-8,10-16,18-21,23-42,45H,2,6,9,17,22,43H2. The lowest BCUT2D eigenvalue weighted by molar-refractivity contribution is 0.530. The minimum absolute atomic E-state index is 0.303. The number of allylic oxidation sites excluding steroid dienone is 8. The average molecular weight is 879 g/mol. The van der Waals surface area contributed by atoms with Crippen molar-refractivity contribution in [3.63, 3.8) is 0 Å². The molecule has 7 aromatic carbocycles. The Balaban J connectivity index is 0.754. The summed E-state index contributed by atoms with van der Waals surface area (Å²) in [5.74, 6) is 1.93. The molecule has 0 saturated heterocycles. The van der Waals surface area contributed by atoms with Gasteiger partial charge in [-0.15, -0.1) is 0 Å². The molecular formula is C63H50N4O. The average Bonchev–Trinajstić information content (AvgIpc) is 4.06. The summed E-state index contributed by atoms with van der Waals surface area (Å²) in [6.45, 7) is 0. The molecule has 0 fully saturated rings. The van der Waals surface area contributed by atoms with E-state index in [1.54, 1.807) is 0 Å². The molecule has 4 aliphatic rings. The van der Waals surface area contributed by atoms with E-state index in [0.717, 1.165) is 101 Å². The number of nitrogens with zero attached hydrogens (tertiary/aromatic N) is 4. The fourth-order valence-electron chi connectivity index (χ4n) is 9.91. The smallest absolute Gasteiger partial charge is 0.226 e. The predicted molar refractivity (Wildman–Crippen MR) is 282 cm³/mol. The van der Waals surface area contributed by atoms with Crippen molar-refractivity contribution in [3.05, 3.63) is 258 Å². The molecule has 1 aromatic heterocycles. The second-order valence-corrected chi connectivity index (χ2v) is 17.9. The van der Waals surface area contributed by atoms with E-state index >= 15 is 0 Å². The van der Waals surface area contributed by atoms with E-state index < -0.39 is 0 Å². The first-order chi connectivity index (χ1) is 33.7. The number of fused-ring (bicyclic) bond motifs is 2. The van der Waals surface area contributed by atoms with Crippen molar-refractivity contribution in [2.45, 2.75) is 44.4 Å². The van der Waals surface area contributed by atoms with Crippen LogP contribution in [-0.4, -0.2) is 10.7 Å². The Morgan fingerprint density at radius 3 is 1.66 bits per heavy atom. The Morgan fingerprint density at radius 2 is 1.06 bits per heavy atom. The summed E-state index contributed by atoms with van der Waals surface area (Å²) in [6.07, 6.45) is 23.7. The van der Waals surface area contributed by atoms with Crippen LogP contribution in [0.15, 0.2) is 234 Å². The maximum Gasteiger partial charge on any atom is 0.226 e. The Kier molecular flexibility index (Phi) is 11.0. The molecule has 3 aliphatic carbocycles. The van der Waals surface area contributed by atoms with Gasteiger partial charge in [0.25, 0.3) is 0 Å². The minimum Gasteiger partial charge on any atom is -0.436 e. The largest absolute Gasteiger partial charge is 0.436 e. The molecule has 0 amide bonds. The fraction of sp³-hybridized carbons (Fsp3) is 0.111. The van der Waals surface area contributed by atoms with E-state index in [0.29, 0.717) is 5.92 Å². The first kappa shape index (κ1) is 41.2. The highest BCUT2D eigenvalue weighted by Gasteiger charge is 2.21. The number of rotatable bonds is 11. The summed E-state index contributed by atoms with van der Waals surface area (Å²) in [5, 5.41) is 0. The van der Waals surface area contributed by atoms with E-state index in [-0.39, 0.29) is 0 Å². The number of oxazole rings is 1. The number of aromatic nitrogens is 1. The van der Waals surface area contributed by atoms with Crippen LogP contribution in [0.4, 0.5) is 34.1 Å². The molecule has 5 nitrogen and oxygen atoms in total. The number of benzene rings is 7. The van der Waals surface area contributed by atoms with Crippen molar-refractivity contribution in [2.24, 2.45) is 4.99 Å². The maximum absolute atomic E-state index is 6.10. The van der Waals surface area contributed by atoms with Crippen molar-refractivity contribution < 1.29 is 4.42 Å². The van der Waals surface area contributed by atoms with Crippen LogP contribution in [0.5, 0.6) is 0 Å². The zero-order chi connectivity index (χ0) is 45.2. The Bertz CT molecular complexity index is 3300. The van der Waals surface area contributed by atoms with E-state index in [9.17, 15) is 0 Å². The highest BCUT2D eigenvalue weighted by molar-refractivity contribution is 6.06. The zero-order valence-corrected chi connectivity index (χ0v) is 37.9. The molecule has 0 bridgehead atoms. The number of aryl methyl sites for hydroxylation is 1. The minimum atomic E-state index is 0.303. The summed E-state index contributed by atoms with van der Waals surface area (Å²) < 4.78 is 6.10. The van der Waals surface area contributed by atoms with Gasteiger partial charge in [0.15, 0.2) is 5.76 Å². The molecule has 68 heavy (non-hydrogen) atoms. The number of hydrogen-bond acceptors (Lipinski definition) is 5. The van der Waals surface area contributed by atoms with Gasteiger partial charge in [0, 0.05) is 52.0 Å². The van der Waals surface area contributed by atoms with Gasteiger partial charge >= 0.3 is 0 Å². The molecule has 0 spiro atoms. The Morgan fingerprint density at radius 1 is 0.485 bits per heavy atom. The van der Waals surface area contributed by atoms with Crippen molar-refractivity contribution in [2.75, 3.05) is 9.80 Å². The second kappa shape index (κ2) is 18.2. The molecule has 0 N–H and O–H groups in total. The van der Waals surface area contributed by atoms with Gasteiger partial charge in [-0.25, -0.2) is 4.98 Å². The number of hydrogen-bond donors (Lipinski definition) is 0. The van der Waals surface area contributed by atoms with Gasteiger partial charge in [0.05, 0.1) is 17.1 Å². The SMILES string of the molecule is C1=CC(N(c2ccc(-c3ccc(N(c4ccccc4)c4ccc(-c5ccc(C6=Nc7ccccc7C6)cc5)cc4)cc3)cc2)c2ccc(C3C=CC(c4nc5c(o4)C=CCC5)=CC3)cc2)=CCC1. The maximum atomic E-state index is 6.10. The molecule has 8 aromatic rings. The lowest BCUT2D eigenvalue weighted by atomic mass is 9.90. The summed E-state index contributed by atoms with van der Waals surface area (Å²) in [5.41, 5.74) is 19.6. The molecular weight excluding hydrogens is 829 g/mol. The van der Waals surface area contributed by atoms with Gasteiger partial charge < -0.3 is 14.2 Å². The van der Waals surface area contributed by atoms with Crippen LogP contribution in [0.1, 0.15) is 65.6 Å². The van der Waals surface area contributed by atoms with Gasteiger partial charge in [-0.2, -0.15) is 0 Å². The zero-order valence-electron chi connectivity index (χ0n) is 37.9. The first-order valence-electron chi connectivity index (χ1n) is 23.9. The van der Waals surface area contributed by atoms with Crippen LogP contribution in [0.2, 0.25) is 0 Å². The van der Waals surface area contributed by atoms with Crippen molar-refractivity contribution >= 4 is 51.5 Å². The van der Waals surface area contributed by atoms with Gasteiger partial charge in [0.2, 0.25) is 5.89 Å². The third kappa shape index (κ3) is 8.28. The van der Waals surface area contributed by atoms with Crippen LogP contribution in [0.25, 0.3) is 33.9 Å². The van der Waals surface area contributed by atoms with Gasteiger partial charge in [-0.3, -0.25) is 4.99 Å². The number of aliphatic imine (C=N–C) groups is 1. The summed E-state index contributed by atoms with van der Waals surface area (Å²) in [7, 11) is 0. The first-order valence-corrected chi connectivity index (χ1v) is 23.9.